The number of sulfonamides is 1. The van der Waals surface area contributed by atoms with E-state index in [4.69, 9.17) is 0 Å². The van der Waals surface area contributed by atoms with Crippen LogP contribution in [-0.2, 0) is 21.2 Å². The molecule has 3 rings (SSSR count). The molecule has 0 bridgehead atoms. The Morgan fingerprint density at radius 3 is 2.14 bits per heavy atom. The van der Waals surface area contributed by atoms with E-state index >= 15 is 0 Å². The van der Waals surface area contributed by atoms with E-state index in [2.05, 4.69) is 10.0 Å². The molecule has 0 heterocycles. The van der Waals surface area contributed by atoms with Gasteiger partial charge in [0.2, 0.25) is 5.91 Å². The molecular weight excluding hydrogens is 372 g/mol. The number of amides is 1. The zero-order valence-electron chi connectivity index (χ0n) is 15.8. The lowest BCUT2D eigenvalue weighted by atomic mass is 10.1. The molecular formula is C22H22N2O3S. The first kappa shape index (κ1) is 19.6. The van der Waals surface area contributed by atoms with Crippen molar-refractivity contribution >= 4 is 27.3 Å². The molecule has 1 amide bonds. The highest BCUT2D eigenvalue weighted by atomic mass is 32.2. The first-order chi connectivity index (χ1) is 13.3. The predicted molar refractivity (Wildman–Crippen MR) is 112 cm³/mol. The van der Waals surface area contributed by atoms with Crippen molar-refractivity contribution in [2.75, 3.05) is 10.0 Å². The van der Waals surface area contributed by atoms with Gasteiger partial charge in [0.05, 0.1) is 17.0 Å². The second-order valence-electron chi connectivity index (χ2n) is 6.66. The van der Waals surface area contributed by atoms with Crippen LogP contribution in [0.1, 0.15) is 16.7 Å². The van der Waals surface area contributed by atoms with Gasteiger partial charge in [0.15, 0.2) is 0 Å². The van der Waals surface area contributed by atoms with Crippen LogP contribution in [0.2, 0.25) is 0 Å². The summed E-state index contributed by atoms with van der Waals surface area (Å²) in [6.07, 6.45) is 0.259. The smallest absolute Gasteiger partial charge is 0.261 e. The van der Waals surface area contributed by atoms with Gasteiger partial charge < -0.3 is 5.32 Å². The lowest BCUT2D eigenvalue weighted by Crippen LogP contribution is -2.15. The number of anilines is 2. The molecule has 6 heteroatoms. The molecule has 0 fully saturated rings. The average molecular weight is 394 g/mol. The maximum atomic E-state index is 12.6. The van der Waals surface area contributed by atoms with Crippen molar-refractivity contribution in [3.8, 4) is 0 Å². The highest BCUT2D eigenvalue weighted by Crippen LogP contribution is 2.20. The average Bonchev–Trinajstić information content (AvgIpc) is 2.66. The summed E-state index contributed by atoms with van der Waals surface area (Å²) in [6, 6.07) is 21.1. The van der Waals surface area contributed by atoms with Crippen molar-refractivity contribution in [2.24, 2.45) is 0 Å². The Balaban J connectivity index is 1.66. The molecule has 0 unspecified atom stereocenters. The first-order valence-corrected chi connectivity index (χ1v) is 10.4. The van der Waals surface area contributed by atoms with E-state index in [1.165, 1.54) is 12.1 Å². The van der Waals surface area contributed by atoms with Crippen molar-refractivity contribution in [1.82, 2.24) is 0 Å². The van der Waals surface area contributed by atoms with E-state index < -0.39 is 10.0 Å². The van der Waals surface area contributed by atoms with E-state index in [1.807, 2.05) is 50.2 Å². The Morgan fingerprint density at radius 1 is 0.857 bits per heavy atom. The van der Waals surface area contributed by atoms with Crippen molar-refractivity contribution in [3.05, 3.63) is 89.5 Å². The Kier molecular flexibility index (Phi) is 5.80. The van der Waals surface area contributed by atoms with Crippen molar-refractivity contribution < 1.29 is 13.2 Å². The fraction of sp³-hybridized carbons (Fsp3) is 0.136. The fourth-order valence-electron chi connectivity index (χ4n) is 2.71. The highest BCUT2D eigenvalue weighted by molar-refractivity contribution is 7.92. The molecule has 0 aromatic heterocycles. The van der Waals surface area contributed by atoms with Crippen LogP contribution in [0.15, 0.2) is 77.7 Å². The van der Waals surface area contributed by atoms with Gasteiger partial charge in [0, 0.05) is 5.69 Å². The summed E-state index contributed by atoms with van der Waals surface area (Å²) in [5.74, 6) is -0.155. The molecule has 28 heavy (non-hydrogen) atoms. The topological polar surface area (TPSA) is 75.3 Å². The molecule has 0 saturated carbocycles. The van der Waals surface area contributed by atoms with Gasteiger partial charge in [-0.3, -0.25) is 9.52 Å². The number of hydrogen-bond donors (Lipinski definition) is 2. The molecule has 0 atom stereocenters. The van der Waals surface area contributed by atoms with Gasteiger partial charge in [-0.2, -0.15) is 0 Å². The van der Waals surface area contributed by atoms with Crippen LogP contribution >= 0.6 is 0 Å². The number of carbonyl (C=O) groups excluding carboxylic acids is 1. The van der Waals surface area contributed by atoms with Crippen LogP contribution < -0.4 is 10.0 Å². The predicted octanol–water partition coefficient (Wildman–Crippen LogP) is 4.29. The maximum Gasteiger partial charge on any atom is 0.261 e. The van der Waals surface area contributed by atoms with E-state index in [9.17, 15) is 13.2 Å². The summed E-state index contributed by atoms with van der Waals surface area (Å²) >= 11 is 0. The second-order valence-corrected chi connectivity index (χ2v) is 8.34. The molecule has 2 N–H and O–H groups in total. The van der Waals surface area contributed by atoms with Gasteiger partial charge in [-0.05, 0) is 55.3 Å². The van der Waals surface area contributed by atoms with Crippen LogP contribution in [0.5, 0.6) is 0 Å². The standard InChI is InChI=1S/C22H22N2O3S/c1-16-7-9-18(10-8-16)15-22(25)23-19-11-13-20(14-12-19)28(26,27)24-21-6-4-3-5-17(21)2/h3-14,24H,15H2,1-2H3,(H,23,25). The normalized spacial score (nSPS) is 11.1. The Bertz CT molecular complexity index is 1070. The minimum Gasteiger partial charge on any atom is -0.326 e. The van der Waals surface area contributed by atoms with Gasteiger partial charge >= 0.3 is 0 Å². The second kappa shape index (κ2) is 8.27. The number of nitrogens with one attached hydrogen (secondary N) is 2. The summed E-state index contributed by atoms with van der Waals surface area (Å²) in [5.41, 5.74) is 3.99. The maximum absolute atomic E-state index is 12.6. The highest BCUT2D eigenvalue weighted by Gasteiger charge is 2.15. The summed E-state index contributed by atoms with van der Waals surface area (Å²) in [5, 5.41) is 2.79. The van der Waals surface area contributed by atoms with E-state index in [0.29, 0.717) is 11.4 Å². The quantitative estimate of drug-likeness (QED) is 0.655. The number of para-hydroxylation sites is 1. The largest absolute Gasteiger partial charge is 0.326 e. The minimum absolute atomic E-state index is 0.132. The van der Waals surface area contributed by atoms with Gasteiger partial charge in [0.1, 0.15) is 0 Å². The Labute approximate surface area is 165 Å². The van der Waals surface area contributed by atoms with E-state index in [-0.39, 0.29) is 17.2 Å². The zero-order chi connectivity index (χ0) is 20.1. The monoisotopic (exact) mass is 394 g/mol. The Morgan fingerprint density at radius 2 is 1.50 bits per heavy atom. The molecule has 0 radical (unpaired) electrons. The van der Waals surface area contributed by atoms with Gasteiger partial charge in [-0.15, -0.1) is 0 Å². The molecule has 3 aromatic rings. The number of benzene rings is 3. The third-order valence-corrected chi connectivity index (χ3v) is 5.70. The van der Waals surface area contributed by atoms with Crippen molar-refractivity contribution in [1.29, 1.82) is 0 Å². The van der Waals surface area contributed by atoms with E-state index in [0.717, 1.165) is 16.7 Å². The van der Waals surface area contributed by atoms with Crippen LogP contribution in [-0.4, -0.2) is 14.3 Å². The number of carbonyl (C=O) groups is 1. The van der Waals surface area contributed by atoms with Crippen molar-refractivity contribution in [3.63, 3.8) is 0 Å². The molecule has 144 valence electrons. The molecule has 0 saturated heterocycles. The summed E-state index contributed by atoms with van der Waals surface area (Å²) < 4.78 is 27.7. The number of hydrogen-bond acceptors (Lipinski definition) is 3. The van der Waals surface area contributed by atoms with Crippen LogP contribution in [0, 0.1) is 13.8 Å². The van der Waals surface area contributed by atoms with E-state index in [1.54, 1.807) is 24.3 Å². The lowest BCUT2D eigenvalue weighted by Gasteiger charge is -2.11. The summed E-state index contributed by atoms with van der Waals surface area (Å²) in [7, 11) is -3.70. The van der Waals surface area contributed by atoms with Crippen LogP contribution in [0.4, 0.5) is 11.4 Å². The molecule has 3 aromatic carbocycles. The minimum atomic E-state index is -3.70. The van der Waals surface area contributed by atoms with Crippen LogP contribution in [0.3, 0.4) is 0 Å². The third-order valence-electron chi connectivity index (χ3n) is 4.32. The molecule has 0 aliphatic rings. The molecule has 5 nitrogen and oxygen atoms in total. The third kappa shape index (κ3) is 4.98. The molecule has 0 aliphatic heterocycles. The SMILES string of the molecule is Cc1ccc(CC(=O)Nc2ccc(S(=O)(=O)Nc3ccccc3C)cc2)cc1. The molecule has 0 spiro atoms. The van der Waals surface area contributed by atoms with Crippen LogP contribution in [0.25, 0.3) is 0 Å². The molecule has 0 aliphatic carbocycles. The zero-order valence-corrected chi connectivity index (χ0v) is 16.6. The Hall–Kier alpha value is -3.12. The van der Waals surface area contributed by atoms with Gasteiger partial charge in [-0.25, -0.2) is 8.42 Å². The van der Waals surface area contributed by atoms with Gasteiger partial charge in [0.25, 0.3) is 10.0 Å². The number of aryl methyl sites for hydroxylation is 2. The summed E-state index contributed by atoms with van der Waals surface area (Å²) in [4.78, 5) is 12.3. The fourth-order valence-corrected chi connectivity index (χ4v) is 3.84. The number of rotatable bonds is 6. The summed E-state index contributed by atoms with van der Waals surface area (Å²) in [6.45, 7) is 3.83. The first-order valence-electron chi connectivity index (χ1n) is 8.87. The van der Waals surface area contributed by atoms with Crippen molar-refractivity contribution in [2.45, 2.75) is 25.2 Å². The lowest BCUT2D eigenvalue weighted by molar-refractivity contribution is -0.115. The van der Waals surface area contributed by atoms with Gasteiger partial charge in [-0.1, -0.05) is 48.0 Å².